The minimum atomic E-state index is 0.650. The third-order valence-corrected chi connectivity index (χ3v) is 2.74. The molecule has 0 radical (unpaired) electrons. The summed E-state index contributed by atoms with van der Waals surface area (Å²) in [7, 11) is 0. The van der Waals surface area contributed by atoms with Gasteiger partial charge in [0.15, 0.2) is 0 Å². The van der Waals surface area contributed by atoms with Gasteiger partial charge in [0.05, 0.1) is 0 Å². The van der Waals surface area contributed by atoms with Crippen LogP contribution in [-0.2, 0) is 0 Å². The van der Waals surface area contributed by atoms with Crippen molar-refractivity contribution in [1.82, 2.24) is 0 Å². The molecule has 0 fully saturated rings. The van der Waals surface area contributed by atoms with Crippen molar-refractivity contribution in [3.8, 4) is 0 Å². The molecule has 11 heavy (non-hydrogen) atoms. The number of hydrogen-bond donors (Lipinski definition) is 1. The predicted octanol–water partition coefficient (Wildman–Crippen LogP) is 4.06. The van der Waals surface area contributed by atoms with Crippen LogP contribution < -0.4 is 0 Å². The Morgan fingerprint density at radius 2 is 1.64 bits per heavy atom. The second-order valence-electron chi connectivity index (χ2n) is 3.26. The summed E-state index contributed by atoms with van der Waals surface area (Å²) < 4.78 is 0. The first-order valence-electron chi connectivity index (χ1n) is 4.99. The van der Waals surface area contributed by atoms with Crippen molar-refractivity contribution in [2.45, 2.75) is 64.0 Å². The molecule has 0 N–H and O–H groups in total. The molecule has 0 aliphatic heterocycles. The first kappa shape index (κ1) is 11.4. The molecule has 0 rings (SSSR count). The molecule has 0 amide bonds. The van der Waals surface area contributed by atoms with Gasteiger partial charge in [0.2, 0.25) is 0 Å². The molecule has 0 aliphatic carbocycles. The van der Waals surface area contributed by atoms with E-state index in [9.17, 15) is 0 Å². The molecule has 0 aromatic rings. The summed E-state index contributed by atoms with van der Waals surface area (Å²) in [5.41, 5.74) is 0. The van der Waals surface area contributed by atoms with Crippen LogP contribution in [-0.4, -0.2) is 5.25 Å². The average Bonchev–Trinajstić information content (AvgIpc) is 2.04. The number of hydrogen-bond acceptors (Lipinski definition) is 1. The van der Waals surface area contributed by atoms with E-state index in [4.69, 9.17) is 0 Å². The van der Waals surface area contributed by atoms with Crippen molar-refractivity contribution < 1.29 is 0 Å². The van der Waals surface area contributed by atoms with Gasteiger partial charge in [-0.1, -0.05) is 46.0 Å². The molecule has 0 heterocycles. The molecular formula is C10H22S. The van der Waals surface area contributed by atoms with Crippen LogP contribution in [0.15, 0.2) is 0 Å². The summed E-state index contributed by atoms with van der Waals surface area (Å²) in [6.45, 7) is 4.47. The first-order chi connectivity index (χ1) is 5.31. The highest BCUT2D eigenvalue weighted by Gasteiger charge is 1.97. The van der Waals surface area contributed by atoms with E-state index in [2.05, 4.69) is 26.5 Å². The van der Waals surface area contributed by atoms with Crippen molar-refractivity contribution in [3.63, 3.8) is 0 Å². The van der Waals surface area contributed by atoms with E-state index >= 15 is 0 Å². The maximum atomic E-state index is 4.46. The van der Waals surface area contributed by atoms with Crippen LogP contribution in [0.3, 0.4) is 0 Å². The van der Waals surface area contributed by atoms with E-state index in [1.165, 1.54) is 44.9 Å². The van der Waals surface area contributed by atoms with Crippen LogP contribution in [0.5, 0.6) is 0 Å². The van der Waals surface area contributed by atoms with Crippen molar-refractivity contribution in [3.05, 3.63) is 0 Å². The normalized spacial score (nSPS) is 13.4. The highest BCUT2D eigenvalue weighted by atomic mass is 32.1. The lowest BCUT2D eigenvalue weighted by molar-refractivity contribution is 0.593. The molecule has 0 aliphatic rings. The Kier molecular flexibility index (Phi) is 8.72. The van der Waals surface area contributed by atoms with Crippen LogP contribution in [0.2, 0.25) is 0 Å². The van der Waals surface area contributed by atoms with Gasteiger partial charge in [0, 0.05) is 5.25 Å². The van der Waals surface area contributed by atoms with Crippen LogP contribution in [0, 0.1) is 0 Å². The lowest BCUT2D eigenvalue weighted by atomic mass is 10.1. The standard InChI is InChI=1S/C10H22S/c1-3-5-6-7-8-9-10(11)4-2/h10-11H,3-9H2,1-2H3. The van der Waals surface area contributed by atoms with Crippen LogP contribution in [0.25, 0.3) is 0 Å². The van der Waals surface area contributed by atoms with Crippen molar-refractivity contribution in [2.24, 2.45) is 0 Å². The molecule has 0 aromatic heterocycles. The van der Waals surface area contributed by atoms with E-state index < -0.39 is 0 Å². The number of thiol groups is 1. The zero-order valence-corrected chi connectivity index (χ0v) is 8.87. The Morgan fingerprint density at radius 1 is 1.00 bits per heavy atom. The average molecular weight is 174 g/mol. The summed E-state index contributed by atoms with van der Waals surface area (Å²) in [6, 6.07) is 0. The Labute approximate surface area is 77.2 Å². The minimum Gasteiger partial charge on any atom is -0.176 e. The molecular weight excluding hydrogens is 152 g/mol. The van der Waals surface area contributed by atoms with Crippen LogP contribution in [0.1, 0.15) is 58.8 Å². The quantitative estimate of drug-likeness (QED) is 0.437. The Hall–Kier alpha value is 0.350. The highest BCUT2D eigenvalue weighted by molar-refractivity contribution is 7.80. The molecule has 68 valence electrons. The van der Waals surface area contributed by atoms with E-state index in [1.54, 1.807) is 0 Å². The Morgan fingerprint density at radius 3 is 2.18 bits per heavy atom. The van der Waals surface area contributed by atoms with Gasteiger partial charge in [-0.05, 0) is 12.8 Å². The van der Waals surface area contributed by atoms with Gasteiger partial charge in [-0.3, -0.25) is 0 Å². The van der Waals surface area contributed by atoms with E-state index in [1.807, 2.05) is 0 Å². The van der Waals surface area contributed by atoms with E-state index in [0.717, 1.165) is 0 Å². The number of unbranched alkanes of at least 4 members (excludes halogenated alkanes) is 4. The minimum absolute atomic E-state index is 0.650. The van der Waals surface area contributed by atoms with Gasteiger partial charge in [-0.2, -0.15) is 12.6 Å². The fourth-order valence-corrected chi connectivity index (χ4v) is 1.37. The van der Waals surface area contributed by atoms with Crippen LogP contribution >= 0.6 is 12.6 Å². The molecule has 0 nitrogen and oxygen atoms in total. The van der Waals surface area contributed by atoms with Gasteiger partial charge in [0.1, 0.15) is 0 Å². The molecule has 0 spiro atoms. The second kappa shape index (κ2) is 8.45. The maximum Gasteiger partial charge on any atom is 0.00141 e. The fourth-order valence-electron chi connectivity index (χ4n) is 1.19. The topological polar surface area (TPSA) is 0 Å². The molecule has 1 heteroatoms. The van der Waals surface area contributed by atoms with Gasteiger partial charge >= 0.3 is 0 Å². The summed E-state index contributed by atoms with van der Waals surface area (Å²) in [6.07, 6.45) is 9.48. The van der Waals surface area contributed by atoms with Gasteiger partial charge in [-0.15, -0.1) is 0 Å². The predicted molar refractivity (Wildman–Crippen MR) is 56.4 cm³/mol. The third kappa shape index (κ3) is 8.25. The van der Waals surface area contributed by atoms with E-state index in [-0.39, 0.29) is 0 Å². The zero-order valence-electron chi connectivity index (χ0n) is 7.97. The molecule has 0 aromatic carbocycles. The summed E-state index contributed by atoms with van der Waals surface area (Å²) in [4.78, 5) is 0. The van der Waals surface area contributed by atoms with Crippen molar-refractivity contribution in [2.75, 3.05) is 0 Å². The third-order valence-electron chi connectivity index (χ3n) is 2.11. The van der Waals surface area contributed by atoms with Crippen molar-refractivity contribution >= 4 is 12.6 Å². The SMILES string of the molecule is CCCCCCCC(S)CC. The molecule has 0 saturated carbocycles. The maximum absolute atomic E-state index is 4.46. The lowest BCUT2D eigenvalue weighted by Crippen LogP contribution is -1.95. The molecule has 0 bridgehead atoms. The zero-order chi connectivity index (χ0) is 8.53. The molecule has 1 unspecified atom stereocenters. The second-order valence-corrected chi connectivity index (χ2v) is 4.00. The monoisotopic (exact) mass is 174 g/mol. The summed E-state index contributed by atoms with van der Waals surface area (Å²) in [5.74, 6) is 0. The lowest BCUT2D eigenvalue weighted by Gasteiger charge is -2.05. The largest absolute Gasteiger partial charge is 0.176 e. The summed E-state index contributed by atoms with van der Waals surface area (Å²) in [5, 5.41) is 0.650. The number of rotatable bonds is 7. The fraction of sp³-hybridized carbons (Fsp3) is 1.00. The first-order valence-corrected chi connectivity index (χ1v) is 5.51. The van der Waals surface area contributed by atoms with Gasteiger partial charge in [-0.25, -0.2) is 0 Å². The molecule has 0 saturated heterocycles. The summed E-state index contributed by atoms with van der Waals surface area (Å²) >= 11 is 4.46. The van der Waals surface area contributed by atoms with Gasteiger partial charge < -0.3 is 0 Å². The smallest absolute Gasteiger partial charge is 0.00141 e. The van der Waals surface area contributed by atoms with Crippen LogP contribution in [0.4, 0.5) is 0 Å². The van der Waals surface area contributed by atoms with Crippen molar-refractivity contribution in [1.29, 1.82) is 0 Å². The van der Waals surface area contributed by atoms with E-state index in [0.29, 0.717) is 5.25 Å². The Balaban J connectivity index is 2.89. The Bertz CT molecular complexity index is 71.3. The van der Waals surface area contributed by atoms with Gasteiger partial charge in [0.25, 0.3) is 0 Å². The highest BCUT2D eigenvalue weighted by Crippen LogP contribution is 2.12. The molecule has 1 atom stereocenters.